The molecule has 0 heterocycles. The van der Waals surface area contributed by atoms with Gasteiger partial charge in [0.05, 0.1) is 5.69 Å². The van der Waals surface area contributed by atoms with Crippen molar-refractivity contribution in [2.45, 2.75) is 25.7 Å². The van der Waals surface area contributed by atoms with Crippen LogP contribution in [0.4, 0.5) is 19.3 Å². The van der Waals surface area contributed by atoms with Gasteiger partial charge in [-0.25, -0.2) is 13.6 Å². The lowest BCUT2D eigenvalue weighted by Crippen LogP contribution is -2.34. The molecule has 3 rings (SSSR count). The number of nitrogens with one attached hydrogen (secondary N) is 2. The number of carbonyl (C=O) groups is 1. The Morgan fingerprint density at radius 1 is 1.25 bits per heavy atom. The number of fused-ring (bicyclic) bond motifs is 2. The molecule has 0 saturated heterocycles. The lowest BCUT2D eigenvalue weighted by atomic mass is 9.89. The molecule has 1 aromatic rings. The number of amides is 2. The SMILES string of the molecule is O=C(NC[C@@H]1C[C@H]2CC[C@H]1C2)Nc1ccc(F)cc1F. The Labute approximate surface area is 116 Å². The summed E-state index contributed by atoms with van der Waals surface area (Å²) >= 11 is 0. The molecule has 2 aliphatic carbocycles. The number of anilines is 1. The first-order valence-electron chi connectivity index (χ1n) is 7.11. The van der Waals surface area contributed by atoms with Crippen molar-refractivity contribution in [3.63, 3.8) is 0 Å². The Balaban J connectivity index is 1.50. The van der Waals surface area contributed by atoms with Crippen LogP contribution in [-0.2, 0) is 0 Å². The number of rotatable bonds is 3. The van der Waals surface area contributed by atoms with E-state index in [1.54, 1.807) is 0 Å². The molecule has 0 unspecified atom stereocenters. The van der Waals surface area contributed by atoms with Gasteiger partial charge in [0.25, 0.3) is 0 Å². The lowest BCUT2D eigenvalue weighted by Gasteiger charge is -2.21. The normalized spacial score (nSPS) is 27.6. The van der Waals surface area contributed by atoms with Crippen molar-refractivity contribution in [3.05, 3.63) is 29.8 Å². The van der Waals surface area contributed by atoms with E-state index in [-0.39, 0.29) is 5.69 Å². The minimum Gasteiger partial charge on any atom is -0.338 e. The first-order valence-corrected chi connectivity index (χ1v) is 7.11. The van der Waals surface area contributed by atoms with Crippen molar-refractivity contribution >= 4 is 11.7 Å². The smallest absolute Gasteiger partial charge is 0.319 e. The second-order valence-electron chi connectivity index (χ2n) is 5.89. The molecule has 108 valence electrons. The van der Waals surface area contributed by atoms with Crippen LogP contribution in [0.2, 0.25) is 0 Å². The fourth-order valence-corrected chi connectivity index (χ4v) is 3.61. The predicted molar refractivity (Wildman–Crippen MR) is 72.3 cm³/mol. The van der Waals surface area contributed by atoms with Gasteiger partial charge < -0.3 is 10.6 Å². The minimum absolute atomic E-state index is 0.00292. The summed E-state index contributed by atoms with van der Waals surface area (Å²) in [6.07, 6.45) is 5.08. The molecule has 2 amide bonds. The molecule has 0 radical (unpaired) electrons. The largest absolute Gasteiger partial charge is 0.338 e. The third kappa shape index (κ3) is 2.76. The summed E-state index contributed by atoms with van der Waals surface area (Å²) < 4.78 is 26.1. The van der Waals surface area contributed by atoms with Crippen molar-refractivity contribution in [3.8, 4) is 0 Å². The maximum atomic E-state index is 13.4. The van der Waals surface area contributed by atoms with E-state index in [0.717, 1.165) is 24.0 Å². The number of hydrogen-bond donors (Lipinski definition) is 2. The number of carbonyl (C=O) groups excluding carboxylic acids is 1. The van der Waals surface area contributed by atoms with Gasteiger partial charge in [-0.2, -0.15) is 0 Å². The second kappa shape index (κ2) is 5.38. The third-order valence-electron chi connectivity index (χ3n) is 4.59. The van der Waals surface area contributed by atoms with Crippen LogP contribution < -0.4 is 10.6 Å². The van der Waals surface area contributed by atoms with Gasteiger partial charge >= 0.3 is 6.03 Å². The molecule has 1 aromatic carbocycles. The minimum atomic E-state index is -0.764. The van der Waals surface area contributed by atoms with Crippen molar-refractivity contribution in [1.29, 1.82) is 0 Å². The van der Waals surface area contributed by atoms with Crippen molar-refractivity contribution in [1.82, 2.24) is 5.32 Å². The van der Waals surface area contributed by atoms with E-state index in [2.05, 4.69) is 10.6 Å². The van der Waals surface area contributed by atoms with Crippen LogP contribution in [-0.4, -0.2) is 12.6 Å². The summed E-state index contributed by atoms with van der Waals surface area (Å²) in [4.78, 5) is 11.7. The summed E-state index contributed by atoms with van der Waals surface area (Å²) in [7, 11) is 0. The monoisotopic (exact) mass is 280 g/mol. The van der Waals surface area contributed by atoms with Crippen LogP contribution >= 0.6 is 0 Å². The molecular formula is C15H18F2N2O. The molecule has 2 aliphatic rings. The molecule has 0 aliphatic heterocycles. The topological polar surface area (TPSA) is 41.1 Å². The standard InChI is InChI=1S/C15H18F2N2O/c16-12-3-4-14(13(17)7-12)19-15(20)18-8-11-6-9-1-2-10(11)5-9/h3-4,7,9-11H,1-2,5-6,8H2,(H2,18,19,20)/t9-,10-,11-/m0/s1. The summed E-state index contributed by atoms with van der Waals surface area (Å²) in [6.45, 7) is 0.635. The van der Waals surface area contributed by atoms with Crippen LogP contribution in [0.5, 0.6) is 0 Å². The van der Waals surface area contributed by atoms with Gasteiger partial charge in [-0.15, -0.1) is 0 Å². The van der Waals surface area contributed by atoms with Crippen molar-refractivity contribution in [2.75, 3.05) is 11.9 Å². The van der Waals surface area contributed by atoms with E-state index >= 15 is 0 Å². The van der Waals surface area contributed by atoms with Gasteiger partial charge in [0.15, 0.2) is 0 Å². The fourth-order valence-electron chi connectivity index (χ4n) is 3.61. The highest BCUT2D eigenvalue weighted by Gasteiger charge is 2.39. The van der Waals surface area contributed by atoms with Crippen LogP contribution in [0.15, 0.2) is 18.2 Å². The molecule has 20 heavy (non-hydrogen) atoms. The highest BCUT2D eigenvalue weighted by Crippen LogP contribution is 2.47. The highest BCUT2D eigenvalue weighted by atomic mass is 19.1. The molecule has 2 N–H and O–H groups in total. The zero-order valence-electron chi connectivity index (χ0n) is 11.2. The van der Waals surface area contributed by atoms with Gasteiger partial charge in [-0.1, -0.05) is 6.42 Å². The third-order valence-corrected chi connectivity index (χ3v) is 4.59. The van der Waals surface area contributed by atoms with Crippen LogP contribution in [0.3, 0.4) is 0 Å². The first kappa shape index (κ1) is 13.3. The van der Waals surface area contributed by atoms with Gasteiger partial charge in [0, 0.05) is 12.6 Å². The lowest BCUT2D eigenvalue weighted by molar-refractivity contribution is 0.245. The molecule has 0 aromatic heterocycles. The summed E-state index contributed by atoms with van der Waals surface area (Å²) in [6, 6.07) is 2.67. The quantitative estimate of drug-likeness (QED) is 0.874. The van der Waals surface area contributed by atoms with Crippen LogP contribution in [0, 0.1) is 29.4 Å². The first-order chi connectivity index (χ1) is 9.61. The average Bonchev–Trinajstić information content (AvgIpc) is 3.02. The molecule has 0 spiro atoms. The van der Waals surface area contributed by atoms with E-state index in [1.165, 1.54) is 31.7 Å². The van der Waals surface area contributed by atoms with E-state index in [9.17, 15) is 13.6 Å². The van der Waals surface area contributed by atoms with Gasteiger partial charge in [-0.05, 0) is 49.1 Å². The maximum absolute atomic E-state index is 13.4. The molecule has 2 saturated carbocycles. The Kier molecular flexibility index (Phi) is 3.59. The number of halogens is 2. The number of urea groups is 1. The number of benzene rings is 1. The Bertz CT molecular complexity index is 521. The number of hydrogen-bond acceptors (Lipinski definition) is 1. The fraction of sp³-hybridized carbons (Fsp3) is 0.533. The Morgan fingerprint density at radius 2 is 2.10 bits per heavy atom. The van der Waals surface area contributed by atoms with Crippen LogP contribution in [0.1, 0.15) is 25.7 Å². The Morgan fingerprint density at radius 3 is 2.75 bits per heavy atom. The van der Waals surface area contributed by atoms with Gasteiger partial charge in [0.2, 0.25) is 0 Å². The zero-order valence-corrected chi connectivity index (χ0v) is 11.2. The molecule has 3 atom stereocenters. The second-order valence-corrected chi connectivity index (χ2v) is 5.89. The van der Waals surface area contributed by atoms with E-state index in [0.29, 0.717) is 12.5 Å². The molecular weight excluding hydrogens is 262 g/mol. The average molecular weight is 280 g/mol. The molecule has 2 fully saturated rings. The van der Waals surface area contributed by atoms with E-state index in [4.69, 9.17) is 0 Å². The summed E-state index contributed by atoms with van der Waals surface area (Å²) in [5.74, 6) is 0.709. The van der Waals surface area contributed by atoms with E-state index < -0.39 is 17.7 Å². The molecule has 5 heteroatoms. The zero-order chi connectivity index (χ0) is 14.1. The highest BCUT2D eigenvalue weighted by molar-refractivity contribution is 5.89. The van der Waals surface area contributed by atoms with Gasteiger partial charge in [0.1, 0.15) is 11.6 Å². The maximum Gasteiger partial charge on any atom is 0.319 e. The van der Waals surface area contributed by atoms with Crippen molar-refractivity contribution in [2.24, 2.45) is 17.8 Å². The van der Waals surface area contributed by atoms with Crippen LogP contribution in [0.25, 0.3) is 0 Å². The molecule has 3 nitrogen and oxygen atoms in total. The summed E-state index contributed by atoms with van der Waals surface area (Å²) in [5, 5.41) is 5.20. The van der Waals surface area contributed by atoms with Gasteiger partial charge in [-0.3, -0.25) is 0 Å². The molecule has 2 bridgehead atoms. The van der Waals surface area contributed by atoms with E-state index in [1.807, 2.05) is 0 Å². The summed E-state index contributed by atoms with van der Waals surface area (Å²) in [5.41, 5.74) is -0.00292. The predicted octanol–water partition coefficient (Wildman–Crippen LogP) is 3.52. The van der Waals surface area contributed by atoms with Crippen molar-refractivity contribution < 1.29 is 13.6 Å². The Hall–Kier alpha value is -1.65.